The number of hydrogen-bond acceptors (Lipinski definition) is 3. The first-order valence-electron chi connectivity index (χ1n) is 8.98. The maximum atomic E-state index is 12.6. The average molecular weight is 336 g/mol. The van der Waals surface area contributed by atoms with Gasteiger partial charge in [0.05, 0.1) is 11.6 Å². The molecule has 4 nitrogen and oxygen atoms in total. The summed E-state index contributed by atoms with van der Waals surface area (Å²) in [5.41, 5.74) is 3.13. The Balaban J connectivity index is 1.61. The Morgan fingerprint density at radius 1 is 1.24 bits per heavy atom. The summed E-state index contributed by atoms with van der Waals surface area (Å²) in [6.07, 6.45) is 6.84. The van der Waals surface area contributed by atoms with Crippen LogP contribution in [0.25, 0.3) is 16.5 Å². The smallest absolute Gasteiger partial charge is 0.411 e. The molecule has 2 aromatic rings. The van der Waals surface area contributed by atoms with Gasteiger partial charge in [0.25, 0.3) is 0 Å². The molecule has 0 radical (unpaired) electrons. The van der Waals surface area contributed by atoms with E-state index in [0.717, 1.165) is 30.2 Å². The zero-order valence-electron chi connectivity index (χ0n) is 15.0. The van der Waals surface area contributed by atoms with Crippen LogP contribution in [0.3, 0.4) is 0 Å². The zero-order chi connectivity index (χ0) is 17.6. The molecule has 3 heterocycles. The van der Waals surface area contributed by atoms with Crippen LogP contribution in [-0.4, -0.2) is 33.7 Å². The summed E-state index contributed by atoms with van der Waals surface area (Å²) in [4.78, 5) is 18.9. The van der Waals surface area contributed by atoms with E-state index in [4.69, 9.17) is 4.74 Å². The fourth-order valence-corrected chi connectivity index (χ4v) is 3.92. The Hall–Kier alpha value is -2.36. The summed E-state index contributed by atoms with van der Waals surface area (Å²) in [6, 6.07) is 10.9. The summed E-state index contributed by atoms with van der Waals surface area (Å²) in [6.45, 7) is 5.75. The van der Waals surface area contributed by atoms with Crippen molar-refractivity contribution in [2.24, 2.45) is 0 Å². The van der Waals surface area contributed by atoms with Crippen molar-refractivity contribution >= 4 is 22.6 Å². The van der Waals surface area contributed by atoms with Gasteiger partial charge in [-0.05, 0) is 69.4 Å². The number of aromatic nitrogens is 1. The summed E-state index contributed by atoms with van der Waals surface area (Å²) in [5.74, 6) is 0. The predicted octanol–water partition coefficient (Wildman–Crippen LogP) is 4.79. The molecule has 4 rings (SSSR count). The largest absolute Gasteiger partial charge is 0.444 e. The van der Waals surface area contributed by atoms with Gasteiger partial charge >= 0.3 is 6.09 Å². The van der Waals surface area contributed by atoms with Gasteiger partial charge in [0.2, 0.25) is 0 Å². The lowest BCUT2D eigenvalue weighted by molar-refractivity contribution is 0.0175. The molecule has 0 saturated carbocycles. The Morgan fingerprint density at radius 3 is 2.84 bits per heavy atom. The van der Waals surface area contributed by atoms with Crippen LogP contribution in [0, 0.1) is 0 Å². The summed E-state index contributed by atoms with van der Waals surface area (Å²) >= 11 is 0. The summed E-state index contributed by atoms with van der Waals surface area (Å²) in [7, 11) is 0. The number of benzene rings is 1. The Labute approximate surface area is 148 Å². The van der Waals surface area contributed by atoms with Crippen LogP contribution in [0.15, 0.2) is 42.6 Å². The molecule has 2 bridgehead atoms. The number of rotatable bonds is 1. The third-order valence-corrected chi connectivity index (χ3v) is 4.97. The third-order valence-electron chi connectivity index (χ3n) is 4.97. The minimum Gasteiger partial charge on any atom is -0.444 e. The maximum absolute atomic E-state index is 12.6. The Morgan fingerprint density at radius 2 is 2.08 bits per heavy atom. The van der Waals surface area contributed by atoms with Gasteiger partial charge in [-0.15, -0.1) is 0 Å². The molecule has 1 aromatic heterocycles. The summed E-state index contributed by atoms with van der Waals surface area (Å²) < 4.78 is 5.61. The number of carbonyl (C=O) groups is 1. The highest BCUT2D eigenvalue weighted by atomic mass is 16.6. The standard InChI is InChI=1S/C21H24N2O2/c1-21(2,3)25-20(24)23-17-7-8-18(23)13-16(12-17)14-6-9-19-15(11-14)5-4-10-22-19/h4-6,9-12,17-18H,7-8,13H2,1-3H3. The molecule has 130 valence electrons. The van der Waals surface area contributed by atoms with Crippen LogP contribution in [0.5, 0.6) is 0 Å². The molecular weight excluding hydrogens is 312 g/mol. The number of pyridine rings is 1. The Kier molecular flexibility index (Phi) is 3.78. The van der Waals surface area contributed by atoms with Gasteiger partial charge in [-0.1, -0.05) is 18.2 Å². The molecular formula is C21H24N2O2. The first-order chi connectivity index (χ1) is 11.9. The number of hydrogen-bond donors (Lipinski definition) is 0. The van der Waals surface area contributed by atoms with Gasteiger partial charge in [0.15, 0.2) is 0 Å². The second-order valence-electron chi connectivity index (χ2n) is 7.99. The van der Waals surface area contributed by atoms with Gasteiger partial charge in [-0.3, -0.25) is 9.88 Å². The molecule has 4 heteroatoms. The van der Waals surface area contributed by atoms with E-state index >= 15 is 0 Å². The number of ether oxygens (including phenoxy) is 1. The second kappa shape index (κ2) is 5.87. The quantitative estimate of drug-likeness (QED) is 0.752. The molecule has 0 spiro atoms. The number of amides is 1. The van der Waals surface area contributed by atoms with Crippen LogP contribution >= 0.6 is 0 Å². The van der Waals surface area contributed by atoms with E-state index in [0.29, 0.717) is 0 Å². The highest BCUT2D eigenvalue weighted by Gasteiger charge is 2.41. The van der Waals surface area contributed by atoms with Crippen LogP contribution in [-0.2, 0) is 4.74 Å². The molecule has 0 N–H and O–H groups in total. The molecule has 2 unspecified atom stereocenters. The van der Waals surface area contributed by atoms with Crippen molar-refractivity contribution in [3.63, 3.8) is 0 Å². The van der Waals surface area contributed by atoms with Crippen molar-refractivity contribution in [1.82, 2.24) is 9.88 Å². The van der Waals surface area contributed by atoms with Crippen LogP contribution in [0.2, 0.25) is 0 Å². The van der Waals surface area contributed by atoms with Gasteiger partial charge in [0.1, 0.15) is 5.60 Å². The Bertz CT molecular complexity index is 850. The van der Waals surface area contributed by atoms with Gasteiger partial charge in [-0.25, -0.2) is 4.79 Å². The SMILES string of the molecule is CC(C)(C)OC(=O)N1C2C=C(c3ccc4ncccc4c3)CC1CC2. The van der Waals surface area contributed by atoms with Crippen molar-refractivity contribution in [2.75, 3.05) is 0 Å². The normalized spacial score (nSPS) is 22.8. The molecule has 2 aliphatic heterocycles. The minimum atomic E-state index is -0.453. The fourth-order valence-electron chi connectivity index (χ4n) is 3.92. The van der Waals surface area contributed by atoms with Crippen molar-refractivity contribution in [1.29, 1.82) is 0 Å². The lowest BCUT2D eigenvalue weighted by atomic mass is 9.94. The van der Waals surface area contributed by atoms with E-state index in [-0.39, 0.29) is 18.2 Å². The summed E-state index contributed by atoms with van der Waals surface area (Å²) in [5, 5.41) is 1.16. The molecule has 1 fully saturated rings. The van der Waals surface area contributed by atoms with Gasteiger partial charge < -0.3 is 4.74 Å². The van der Waals surface area contributed by atoms with Crippen LogP contribution < -0.4 is 0 Å². The molecule has 1 amide bonds. The number of carbonyl (C=O) groups excluding carboxylic acids is 1. The maximum Gasteiger partial charge on any atom is 0.411 e. The van der Waals surface area contributed by atoms with E-state index < -0.39 is 5.60 Å². The second-order valence-corrected chi connectivity index (χ2v) is 7.99. The van der Waals surface area contributed by atoms with Crippen molar-refractivity contribution in [3.8, 4) is 0 Å². The first-order valence-corrected chi connectivity index (χ1v) is 8.98. The zero-order valence-corrected chi connectivity index (χ0v) is 15.0. The van der Waals surface area contributed by atoms with Crippen LogP contribution in [0.4, 0.5) is 4.79 Å². The molecule has 1 saturated heterocycles. The van der Waals surface area contributed by atoms with Crippen molar-refractivity contribution in [3.05, 3.63) is 48.2 Å². The fraction of sp³-hybridized carbons (Fsp3) is 0.429. The molecule has 2 aliphatic rings. The van der Waals surface area contributed by atoms with Gasteiger partial charge in [0, 0.05) is 17.6 Å². The van der Waals surface area contributed by atoms with E-state index in [1.54, 1.807) is 0 Å². The van der Waals surface area contributed by atoms with Crippen molar-refractivity contribution in [2.45, 2.75) is 57.7 Å². The molecule has 2 atom stereocenters. The average Bonchev–Trinajstić information content (AvgIpc) is 2.83. The lowest BCUT2D eigenvalue weighted by Crippen LogP contribution is -2.45. The molecule has 0 aliphatic carbocycles. The monoisotopic (exact) mass is 336 g/mol. The van der Waals surface area contributed by atoms with Crippen LogP contribution in [0.1, 0.15) is 45.6 Å². The number of fused-ring (bicyclic) bond motifs is 3. The topological polar surface area (TPSA) is 42.4 Å². The first kappa shape index (κ1) is 16.1. The van der Waals surface area contributed by atoms with Gasteiger partial charge in [-0.2, -0.15) is 0 Å². The van der Waals surface area contributed by atoms with Crippen molar-refractivity contribution < 1.29 is 9.53 Å². The molecule has 25 heavy (non-hydrogen) atoms. The molecule has 1 aromatic carbocycles. The third kappa shape index (κ3) is 3.13. The van der Waals surface area contributed by atoms with E-state index in [1.165, 1.54) is 11.1 Å². The highest BCUT2D eigenvalue weighted by molar-refractivity contribution is 5.84. The minimum absolute atomic E-state index is 0.146. The highest BCUT2D eigenvalue weighted by Crippen LogP contribution is 2.39. The predicted molar refractivity (Wildman–Crippen MR) is 99.2 cm³/mol. The lowest BCUT2D eigenvalue weighted by Gasteiger charge is -2.35. The van der Waals surface area contributed by atoms with E-state index in [9.17, 15) is 4.79 Å². The van der Waals surface area contributed by atoms with E-state index in [2.05, 4.69) is 35.3 Å². The van der Waals surface area contributed by atoms with E-state index in [1.807, 2.05) is 37.9 Å². The number of nitrogens with zero attached hydrogens (tertiary/aromatic N) is 2.